The van der Waals surface area contributed by atoms with Crippen molar-refractivity contribution in [3.8, 4) is 0 Å². The molecular weight excluding hydrogens is 797 g/mol. The van der Waals surface area contributed by atoms with Gasteiger partial charge in [-0.2, -0.15) is 0 Å². The normalized spacial score (nSPS) is 35.9. The van der Waals surface area contributed by atoms with Crippen LogP contribution in [0.25, 0.3) is 0 Å². The number of aryl methyl sites for hydroxylation is 1. The zero-order valence-corrected chi connectivity index (χ0v) is 38.5. The van der Waals surface area contributed by atoms with E-state index in [0.29, 0.717) is 44.9 Å². The van der Waals surface area contributed by atoms with Crippen LogP contribution in [0.4, 0.5) is 0 Å². The fraction of sp³-hybridized carbons (Fsp3) is 0.604. The lowest BCUT2D eigenvalue weighted by molar-refractivity contribution is -0.224. The lowest BCUT2D eigenvalue weighted by atomic mass is 9.33. The molecule has 63 heavy (non-hydrogen) atoms. The van der Waals surface area contributed by atoms with Crippen molar-refractivity contribution in [2.45, 2.75) is 151 Å². The van der Waals surface area contributed by atoms with Gasteiger partial charge in [-0.25, -0.2) is 4.79 Å². The van der Waals surface area contributed by atoms with Gasteiger partial charge in [0, 0.05) is 12.3 Å². The zero-order chi connectivity index (χ0) is 45.2. The zero-order valence-electron chi connectivity index (χ0n) is 38.5. The first-order valence-corrected chi connectivity index (χ1v) is 23.4. The van der Waals surface area contributed by atoms with Crippen LogP contribution in [-0.4, -0.2) is 29.8 Å². The monoisotopic (exact) mass is 862 g/mol. The number of fused-ring (bicyclic) bond motifs is 7. The topological polar surface area (TPSA) is 139 Å². The van der Waals surface area contributed by atoms with Crippen molar-refractivity contribution < 1.29 is 42.2 Å². The summed E-state index contributed by atoms with van der Waals surface area (Å²) in [5.41, 5.74) is -0.552. The lowest BCUT2D eigenvalue weighted by Crippen LogP contribution is -2.68. The number of hydrogen-bond donors (Lipinski definition) is 0. The van der Waals surface area contributed by atoms with Crippen LogP contribution in [0.3, 0.4) is 0 Å². The van der Waals surface area contributed by atoms with Crippen LogP contribution in [0, 0.1) is 57.2 Å². The molecule has 0 aliphatic heterocycles. The van der Waals surface area contributed by atoms with Gasteiger partial charge in [0.1, 0.15) is 11.5 Å². The molecule has 0 spiro atoms. The maximum atomic E-state index is 15.3. The average molecular weight is 863 g/mol. The van der Waals surface area contributed by atoms with E-state index in [1.165, 1.54) is 5.57 Å². The van der Waals surface area contributed by atoms with Crippen molar-refractivity contribution in [2.75, 3.05) is 0 Å². The van der Waals surface area contributed by atoms with Gasteiger partial charge in [0.15, 0.2) is 30.0 Å². The summed E-state index contributed by atoms with van der Waals surface area (Å²) in [6.45, 7) is 16.4. The number of hydrogen-bond acceptors (Lipinski definition) is 10. The van der Waals surface area contributed by atoms with Crippen molar-refractivity contribution in [2.24, 2.45) is 50.2 Å². The molecule has 1 aromatic heterocycles. The van der Waals surface area contributed by atoms with Gasteiger partial charge in [0.05, 0.1) is 5.41 Å². The number of carbonyl (C=O) groups is 4. The summed E-state index contributed by atoms with van der Waals surface area (Å²) in [5.74, 6) is -2.30. The van der Waals surface area contributed by atoms with E-state index in [2.05, 4.69) is 34.6 Å². The van der Waals surface area contributed by atoms with Gasteiger partial charge in [0.25, 0.3) is 0 Å². The maximum absolute atomic E-state index is 15.3. The number of carbonyl (C=O) groups excluding carboxylic acids is 4. The highest BCUT2D eigenvalue weighted by atomic mass is 16.6. The Morgan fingerprint density at radius 2 is 1.44 bits per heavy atom. The van der Waals surface area contributed by atoms with Crippen molar-refractivity contribution in [1.82, 2.24) is 0 Å². The quantitative estimate of drug-likeness (QED) is 0.135. The second kappa shape index (κ2) is 16.4. The first-order chi connectivity index (χ1) is 29.8. The Kier molecular flexibility index (Phi) is 11.7. The van der Waals surface area contributed by atoms with Gasteiger partial charge in [-0.05, 0) is 136 Å². The Hall–Kier alpha value is -4.73. The molecule has 2 aromatic carbocycles. The van der Waals surface area contributed by atoms with Crippen LogP contribution >= 0.6 is 0 Å². The molecule has 1 unspecified atom stereocenters. The van der Waals surface area contributed by atoms with Gasteiger partial charge >= 0.3 is 23.7 Å². The summed E-state index contributed by atoms with van der Waals surface area (Å²) in [6, 6.07) is 19.8. The van der Waals surface area contributed by atoms with Gasteiger partial charge < -0.3 is 23.0 Å². The van der Waals surface area contributed by atoms with E-state index in [1.54, 1.807) is 6.92 Å². The summed E-state index contributed by atoms with van der Waals surface area (Å²) in [4.78, 5) is 69.7. The second-order valence-electron chi connectivity index (χ2n) is 21.3. The Morgan fingerprint density at radius 1 is 0.794 bits per heavy atom. The molecule has 8 rings (SSSR count). The fourth-order valence-electron chi connectivity index (χ4n) is 13.7. The standard InChI is InChI=1S/C53H66O10/c1-9-10-21-42(55)62-41-23-24-50(5)40(53(41,8)46(57)59-32-39-33(2)60-47(58)61-39)22-25-52(7)44(50)38(54)30-36-37-31-49(4,27-26-48(37,3)28-29-51(36,52)6)45(56)63-43(34-17-13-11-14-18-34)35-19-15-12-16-20-35/h11-20,30,37,40-41,43-44H,9-10,21-29,31-32H2,1-8H3/t37-,40?,41-,44+,48+,49-,50-,51+,52+,53-/m0/s1. The van der Waals surface area contributed by atoms with Crippen LogP contribution in [0.15, 0.2) is 85.9 Å². The van der Waals surface area contributed by atoms with E-state index < -0.39 is 51.6 Å². The van der Waals surface area contributed by atoms with Crippen LogP contribution in [-0.2, 0) is 40.0 Å². The van der Waals surface area contributed by atoms with E-state index in [0.717, 1.165) is 36.8 Å². The highest BCUT2D eigenvalue weighted by Gasteiger charge is 2.72. The van der Waals surface area contributed by atoms with Crippen LogP contribution in [0.1, 0.15) is 154 Å². The largest absolute Gasteiger partial charge is 0.519 e. The Bertz CT molecular complexity index is 2290. The Morgan fingerprint density at radius 3 is 2.06 bits per heavy atom. The highest BCUT2D eigenvalue weighted by Crippen LogP contribution is 2.75. The molecule has 5 aliphatic rings. The number of benzene rings is 2. The lowest BCUT2D eigenvalue weighted by Gasteiger charge is -2.70. The minimum atomic E-state index is -1.28. The van der Waals surface area contributed by atoms with Gasteiger partial charge in [-0.3, -0.25) is 19.2 Å². The molecule has 0 saturated heterocycles. The van der Waals surface area contributed by atoms with Crippen LogP contribution in [0.2, 0.25) is 0 Å². The second-order valence-corrected chi connectivity index (χ2v) is 21.3. The minimum absolute atomic E-state index is 0.00615. The van der Waals surface area contributed by atoms with Crippen LogP contribution in [0.5, 0.6) is 0 Å². The molecule has 10 atom stereocenters. The molecule has 0 radical (unpaired) electrons. The molecule has 10 nitrogen and oxygen atoms in total. The smallest absolute Gasteiger partial charge is 0.461 e. The van der Waals surface area contributed by atoms with E-state index in [1.807, 2.05) is 80.6 Å². The Labute approximate surface area is 371 Å². The third-order valence-electron chi connectivity index (χ3n) is 17.7. The van der Waals surface area contributed by atoms with Crippen molar-refractivity contribution in [3.63, 3.8) is 0 Å². The van der Waals surface area contributed by atoms with Crippen molar-refractivity contribution >= 4 is 23.7 Å². The molecule has 4 saturated carbocycles. The van der Waals surface area contributed by atoms with E-state index in [9.17, 15) is 19.2 Å². The number of rotatable bonds is 11. The highest BCUT2D eigenvalue weighted by molar-refractivity contribution is 5.96. The molecule has 5 aliphatic carbocycles. The number of ether oxygens (including phenoxy) is 3. The summed E-state index contributed by atoms with van der Waals surface area (Å²) >= 11 is 0. The number of unbranched alkanes of at least 4 members (excludes halogenated alkanes) is 1. The van der Waals surface area contributed by atoms with Crippen molar-refractivity contribution in [1.29, 1.82) is 0 Å². The van der Waals surface area contributed by atoms with Gasteiger partial charge in [-0.15, -0.1) is 0 Å². The van der Waals surface area contributed by atoms with E-state index in [-0.39, 0.29) is 64.9 Å². The summed E-state index contributed by atoms with van der Waals surface area (Å²) in [5, 5.41) is 0. The molecule has 0 amide bonds. The molecule has 3 aromatic rings. The number of allylic oxidation sites excluding steroid dienone is 2. The number of esters is 3. The molecule has 0 N–H and O–H groups in total. The molecule has 0 bridgehead atoms. The molecule has 1 heterocycles. The summed E-state index contributed by atoms with van der Waals surface area (Å²) in [7, 11) is 0. The predicted octanol–water partition coefficient (Wildman–Crippen LogP) is 11.0. The maximum Gasteiger partial charge on any atom is 0.519 e. The average Bonchev–Trinajstić information content (AvgIpc) is 3.59. The predicted molar refractivity (Wildman–Crippen MR) is 236 cm³/mol. The summed E-state index contributed by atoms with van der Waals surface area (Å²) in [6.07, 6.45) is 8.80. The van der Waals surface area contributed by atoms with Gasteiger partial charge in [-0.1, -0.05) is 107 Å². The van der Waals surface area contributed by atoms with Crippen molar-refractivity contribution in [3.05, 3.63) is 106 Å². The molecule has 338 valence electrons. The number of ketones is 1. The SMILES string of the molecule is CCCCC(=O)O[C@H]1CC[C@@]2(C)C(CC[C@]3(C)[C@@H]2C(=O)C=C2[C@@H]4C[C@@](C)(C(=O)OC(c5ccccc5)c5ccccc5)CC[C@]4(C)CC[C@]23C)[C@]1(C)C(=O)OCc1oc(=O)oc1C. The van der Waals surface area contributed by atoms with E-state index >= 15 is 4.79 Å². The third kappa shape index (κ3) is 7.35. The Balaban J connectivity index is 1.11. The van der Waals surface area contributed by atoms with E-state index in [4.69, 9.17) is 23.0 Å². The third-order valence-corrected chi connectivity index (χ3v) is 17.7. The fourth-order valence-corrected chi connectivity index (χ4v) is 13.7. The molecule has 4 fully saturated rings. The molecule has 10 heteroatoms. The summed E-state index contributed by atoms with van der Waals surface area (Å²) < 4.78 is 28.9. The van der Waals surface area contributed by atoms with Gasteiger partial charge in [0.2, 0.25) is 0 Å². The first-order valence-electron chi connectivity index (χ1n) is 23.4. The first kappa shape index (κ1) is 44.9. The molecular formula is C53H66O10. The minimum Gasteiger partial charge on any atom is -0.461 e. The van der Waals surface area contributed by atoms with Crippen LogP contribution < -0.4 is 5.82 Å².